The summed E-state index contributed by atoms with van der Waals surface area (Å²) in [6.07, 6.45) is -0.337. The maximum absolute atomic E-state index is 13.6. The van der Waals surface area contributed by atoms with Crippen LogP contribution < -0.4 is 19.7 Å². The minimum Gasteiger partial charge on any atom is -0.493 e. The number of hydrogen-bond donors (Lipinski definition) is 1. The summed E-state index contributed by atoms with van der Waals surface area (Å²) in [6, 6.07) is 10.1. The number of benzene rings is 2. The summed E-state index contributed by atoms with van der Waals surface area (Å²) in [5, 5.41) is 2.76. The lowest BCUT2D eigenvalue weighted by molar-refractivity contribution is -0.122. The molecule has 35 heavy (non-hydrogen) atoms. The van der Waals surface area contributed by atoms with Crippen LogP contribution in [0.3, 0.4) is 0 Å². The molecule has 11 heteroatoms. The van der Waals surface area contributed by atoms with E-state index in [1.54, 1.807) is 36.4 Å². The molecule has 2 aromatic rings. The number of sulfone groups is 1. The van der Waals surface area contributed by atoms with E-state index < -0.39 is 21.9 Å². The van der Waals surface area contributed by atoms with Gasteiger partial charge in [-0.1, -0.05) is 18.2 Å². The van der Waals surface area contributed by atoms with Crippen molar-refractivity contribution < 1.29 is 32.3 Å². The van der Waals surface area contributed by atoms with Gasteiger partial charge in [0.2, 0.25) is 5.91 Å². The van der Waals surface area contributed by atoms with Crippen LogP contribution in [0.15, 0.2) is 36.4 Å². The molecule has 1 saturated heterocycles. The van der Waals surface area contributed by atoms with Gasteiger partial charge in [0.25, 0.3) is 11.8 Å². The number of nitrogens with one attached hydrogen (secondary N) is 1. The van der Waals surface area contributed by atoms with Gasteiger partial charge < -0.3 is 19.7 Å². The Kier molecular flexibility index (Phi) is 5.66. The predicted molar refractivity (Wildman–Crippen MR) is 126 cm³/mol. The Balaban J connectivity index is 1.49. The minimum atomic E-state index is -3.06. The molecule has 3 heterocycles. The van der Waals surface area contributed by atoms with Crippen LogP contribution in [0.2, 0.25) is 0 Å². The van der Waals surface area contributed by atoms with E-state index in [4.69, 9.17) is 9.47 Å². The van der Waals surface area contributed by atoms with Crippen molar-refractivity contribution in [2.75, 3.05) is 43.7 Å². The van der Waals surface area contributed by atoms with E-state index in [1.807, 2.05) is 0 Å². The molecular formula is C24H25N3O7S. The van der Waals surface area contributed by atoms with Gasteiger partial charge in [-0.05, 0) is 30.5 Å². The van der Waals surface area contributed by atoms with Crippen LogP contribution in [0.1, 0.15) is 38.9 Å². The number of fused-ring (bicyclic) bond motifs is 5. The molecule has 3 aliphatic rings. The number of carbonyl (C=O) groups is 3. The fourth-order valence-corrected chi connectivity index (χ4v) is 6.95. The number of rotatable bonds is 6. The fourth-order valence-electron chi connectivity index (χ4n) is 5.09. The summed E-state index contributed by atoms with van der Waals surface area (Å²) in [6.45, 7) is -0.0829. The van der Waals surface area contributed by atoms with E-state index in [-0.39, 0.29) is 53.6 Å². The summed E-state index contributed by atoms with van der Waals surface area (Å²) in [7, 11) is -0.144. The van der Waals surface area contributed by atoms with E-state index in [9.17, 15) is 22.8 Å². The first-order chi connectivity index (χ1) is 16.8. The average Bonchev–Trinajstić information content (AvgIpc) is 3.35. The molecule has 3 aliphatic heterocycles. The van der Waals surface area contributed by atoms with Gasteiger partial charge in [-0.3, -0.25) is 19.3 Å². The highest BCUT2D eigenvalue weighted by Crippen LogP contribution is 2.49. The Hall–Kier alpha value is -3.60. The number of nitrogens with zero attached hydrogens (tertiary/aromatic N) is 2. The van der Waals surface area contributed by atoms with Crippen molar-refractivity contribution in [2.24, 2.45) is 5.92 Å². The third kappa shape index (κ3) is 3.79. The molecule has 0 bridgehead atoms. The molecule has 5 rings (SSSR count). The number of methoxy groups -OCH3 is 2. The molecule has 0 radical (unpaired) electrons. The standard InChI is InChI=1S/C24H25N3O7S/c1-33-18-8-7-16-20(21(18)34-2)24(30)27-17-6-4-3-5-15(17)23(29)26(22(16)27)12-19(28)25-11-14-9-10-35(31,32)13-14/h3-8,14,22H,9-13H2,1-2H3,(H,25,28). The molecule has 184 valence electrons. The van der Waals surface area contributed by atoms with Gasteiger partial charge in [-0.25, -0.2) is 8.42 Å². The van der Waals surface area contributed by atoms with Crippen molar-refractivity contribution in [1.82, 2.24) is 10.2 Å². The van der Waals surface area contributed by atoms with Gasteiger partial charge in [0, 0.05) is 12.1 Å². The molecule has 2 atom stereocenters. The van der Waals surface area contributed by atoms with Gasteiger partial charge in [-0.2, -0.15) is 0 Å². The number of anilines is 1. The Morgan fingerprint density at radius 2 is 1.86 bits per heavy atom. The van der Waals surface area contributed by atoms with Gasteiger partial charge >= 0.3 is 0 Å². The summed E-state index contributed by atoms with van der Waals surface area (Å²) < 4.78 is 34.3. The van der Waals surface area contributed by atoms with Crippen molar-refractivity contribution in [3.8, 4) is 11.5 Å². The van der Waals surface area contributed by atoms with Gasteiger partial charge in [0.05, 0.1) is 42.5 Å². The quantitative estimate of drug-likeness (QED) is 0.637. The smallest absolute Gasteiger partial charge is 0.264 e. The molecule has 0 aromatic heterocycles. The molecule has 1 fully saturated rings. The molecule has 0 saturated carbocycles. The normalized spacial score (nSPS) is 21.9. The van der Waals surface area contributed by atoms with Gasteiger partial charge in [-0.15, -0.1) is 0 Å². The minimum absolute atomic E-state index is 0.0448. The van der Waals surface area contributed by atoms with Crippen molar-refractivity contribution in [1.29, 1.82) is 0 Å². The molecule has 2 aromatic carbocycles. The van der Waals surface area contributed by atoms with Crippen molar-refractivity contribution in [3.63, 3.8) is 0 Å². The van der Waals surface area contributed by atoms with Crippen LogP contribution >= 0.6 is 0 Å². The Morgan fingerprint density at radius 1 is 1.09 bits per heavy atom. The van der Waals surface area contributed by atoms with E-state index in [0.717, 1.165) is 0 Å². The second-order valence-corrected chi connectivity index (χ2v) is 11.1. The number of para-hydroxylation sites is 1. The van der Waals surface area contributed by atoms with Crippen LogP contribution in [-0.2, 0) is 14.6 Å². The lowest BCUT2D eigenvalue weighted by Crippen LogP contribution is -2.51. The topological polar surface area (TPSA) is 122 Å². The Labute approximate surface area is 202 Å². The molecule has 3 amide bonds. The second-order valence-electron chi connectivity index (χ2n) is 8.84. The van der Waals surface area contributed by atoms with E-state index in [2.05, 4.69) is 5.32 Å². The largest absolute Gasteiger partial charge is 0.493 e. The van der Waals surface area contributed by atoms with Crippen LogP contribution in [0.4, 0.5) is 5.69 Å². The van der Waals surface area contributed by atoms with Crippen LogP contribution in [-0.4, -0.2) is 69.9 Å². The lowest BCUT2D eigenvalue weighted by Gasteiger charge is -2.40. The summed E-state index contributed by atoms with van der Waals surface area (Å²) in [5.74, 6) is -0.499. The van der Waals surface area contributed by atoms with Gasteiger partial charge in [0.1, 0.15) is 12.7 Å². The zero-order valence-corrected chi connectivity index (χ0v) is 20.1. The Bertz CT molecular complexity index is 1340. The SMILES string of the molecule is COc1ccc2c(c1OC)C(=O)N1c3ccccc3C(=O)N(CC(=O)NCC3CCS(=O)(=O)C3)C21. The molecule has 0 aliphatic carbocycles. The maximum atomic E-state index is 13.6. The van der Waals surface area contributed by atoms with Crippen molar-refractivity contribution in [2.45, 2.75) is 12.6 Å². The first-order valence-electron chi connectivity index (χ1n) is 11.2. The van der Waals surface area contributed by atoms with Crippen molar-refractivity contribution in [3.05, 3.63) is 53.1 Å². The molecule has 10 nitrogen and oxygen atoms in total. The molecular weight excluding hydrogens is 474 g/mol. The van der Waals surface area contributed by atoms with Crippen LogP contribution in [0.5, 0.6) is 11.5 Å². The lowest BCUT2D eigenvalue weighted by atomic mass is 10.0. The zero-order chi connectivity index (χ0) is 24.9. The maximum Gasteiger partial charge on any atom is 0.264 e. The monoisotopic (exact) mass is 499 g/mol. The summed E-state index contributed by atoms with van der Waals surface area (Å²) in [4.78, 5) is 42.9. The highest BCUT2D eigenvalue weighted by Gasteiger charge is 2.50. The summed E-state index contributed by atoms with van der Waals surface area (Å²) >= 11 is 0. The van der Waals surface area contributed by atoms with E-state index in [1.165, 1.54) is 24.0 Å². The van der Waals surface area contributed by atoms with Crippen LogP contribution in [0.25, 0.3) is 0 Å². The number of amides is 3. The van der Waals surface area contributed by atoms with E-state index in [0.29, 0.717) is 29.0 Å². The van der Waals surface area contributed by atoms with Gasteiger partial charge in [0.15, 0.2) is 21.3 Å². The van der Waals surface area contributed by atoms with Crippen LogP contribution in [0, 0.1) is 5.92 Å². The molecule has 2 unspecified atom stereocenters. The number of carbonyl (C=O) groups excluding carboxylic acids is 3. The number of hydrogen-bond acceptors (Lipinski definition) is 7. The van der Waals surface area contributed by atoms with E-state index >= 15 is 0 Å². The molecule has 1 N–H and O–H groups in total. The fraction of sp³-hybridized carbons (Fsp3) is 0.375. The first kappa shape index (κ1) is 23.2. The first-order valence-corrected chi connectivity index (χ1v) is 13.0. The average molecular weight is 500 g/mol. The second kappa shape index (κ2) is 8.56. The van der Waals surface area contributed by atoms with Crippen molar-refractivity contribution >= 4 is 33.2 Å². The highest BCUT2D eigenvalue weighted by atomic mass is 32.2. The third-order valence-corrected chi connectivity index (χ3v) is 8.55. The Morgan fingerprint density at radius 3 is 2.54 bits per heavy atom. The predicted octanol–water partition coefficient (Wildman–Crippen LogP) is 1.37. The number of ether oxygens (including phenoxy) is 2. The molecule has 0 spiro atoms. The third-order valence-electron chi connectivity index (χ3n) is 6.71. The highest BCUT2D eigenvalue weighted by molar-refractivity contribution is 7.91. The zero-order valence-electron chi connectivity index (χ0n) is 19.3. The summed E-state index contributed by atoms with van der Waals surface area (Å²) in [5.41, 5.74) is 1.58.